The van der Waals surface area contributed by atoms with Crippen LogP contribution in [0.1, 0.15) is 40.2 Å². The van der Waals surface area contributed by atoms with Crippen LogP contribution in [0.25, 0.3) is 0 Å². The van der Waals surface area contributed by atoms with Gasteiger partial charge in [0.1, 0.15) is 0 Å². The molecule has 2 aliphatic rings. The summed E-state index contributed by atoms with van der Waals surface area (Å²) < 4.78 is 11.2. The van der Waals surface area contributed by atoms with Crippen molar-refractivity contribution >= 4 is 5.71 Å². The summed E-state index contributed by atoms with van der Waals surface area (Å²) in [6.45, 7) is 6.43. The van der Waals surface area contributed by atoms with E-state index in [9.17, 15) is 0 Å². The van der Waals surface area contributed by atoms with Crippen molar-refractivity contribution in [2.75, 3.05) is 34.4 Å². The van der Waals surface area contributed by atoms with Crippen LogP contribution >= 0.6 is 0 Å². The Hall–Kier alpha value is -2.33. The van der Waals surface area contributed by atoms with E-state index in [1.165, 1.54) is 27.8 Å². The molecule has 2 atom stereocenters. The standard InChI is InChI=1S/C23H28N2O2/c1-14-6-7-16(10-15(14)2)23-18-12-22(27-5)21(26-4)11-17(18)19-13-25(3)9-8-20(19)24-23/h6-7,10-12,19-20H,8-9,13H2,1-5H3. The van der Waals surface area contributed by atoms with Crippen LogP contribution in [0.3, 0.4) is 0 Å². The third kappa shape index (κ3) is 3.12. The lowest BCUT2D eigenvalue weighted by molar-refractivity contribution is 0.227. The van der Waals surface area contributed by atoms with Crippen LogP contribution in [0.15, 0.2) is 35.3 Å². The Morgan fingerprint density at radius 2 is 1.74 bits per heavy atom. The summed E-state index contributed by atoms with van der Waals surface area (Å²) in [5, 5.41) is 0. The highest BCUT2D eigenvalue weighted by Gasteiger charge is 2.36. The zero-order valence-electron chi connectivity index (χ0n) is 16.9. The largest absolute Gasteiger partial charge is 0.493 e. The maximum atomic E-state index is 5.61. The quantitative estimate of drug-likeness (QED) is 0.827. The first kappa shape index (κ1) is 18.1. The predicted molar refractivity (Wildman–Crippen MR) is 110 cm³/mol. The highest BCUT2D eigenvalue weighted by atomic mass is 16.5. The normalized spacial score (nSPS) is 21.9. The van der Waals surface area contributed by atoms with Crippen molar-refractivity contribution in [2.45, 2.75) is 32.2 Å². The molecule has 2 heterocycles. The summed E-state index contributed by atoms with van der Waals surface area (Å²) in [4.78, 5) is 7.65. The number of benzene rings is 2. The fraction of sp³-hybridized carbons (Fsp3) is 0.435. The summed E-state index contributed by atoms with van der Waals surface area (Å²) in [6.07, 6.45) is 1.09. The Bertz CT molecular complexity index is 903. The van der Waals surface area contributed by atoms with E-state index >= 15 is 0 Å². The number of aliphatic imine (C=N–C) groups is 1. The van der Waals surface area contributed by atoms with Crippen molar-refractivity contribution in [3.63, 3.8) is 0 Å². The molecule has 2 aliphatic heterocycles. The number of rotatable bonds is 3. The Labute approximate surface area is 161 Å². The molecule has 2 aromatic rings. The van der Waals surface area contributed by atoms with Gasteiger partial charge in [-0.25, -0.2) is 0 Å². The van der Waals surface area contributed by atoms with Crippen LogP contribution in [0, 0.1) is 13.8 Å². The van der Waals surface area contributed by atoms with Gasteiger partial charge in [0, 0.05) is 23.6 Å². The van der Waals surface area contributed by atoms with Gasteiger partial charge in [-0.3, -0.25) is 4.99 Å². The van der Waals surface area contributed by atoms with Crippen molar-refractivity contribution in [3.8, 4) is 11.5 Å². The van der Waals surface area contributed by atoms with Gasteiger partial charge < -0.3 is 14.4 Å². The number of hydrogen-bond acceptors (Lipinski definition) is 4. The average Bonchev–Trinajstić information content (AvgIpc) is 2.68. The summed E-state index contributed by atoms with van der Waals surface area (Å²) in [6, 6.07) is 11.2. The zero-order chi connectivity index (χ0) is 19.1. The molecule has 142 valence electrons. The maximum absolute atomic E-state index is 5.61. The van der Waals surface area contributed by atoms with E-state index in [0.29, 0.717) is 12.0 Å². The molecule has 2 aromatic carbocycles. The predicted octanol–water partition coefficient (Wildman–Crippen LogP) is 3.96. The molecule has 0 amide bonds. The van der Waals surface area contributed by atoms with E-state index in [2.05, 4.69) is 56.1 Å². The molecule has 0 N–H and O–H groups in total. The van der Waals surface area contributed by atoms with Crippen LogP contribution in [-0.4, -0.2) is 51.0 Å². The Balaban J connectivity index is 1.91. The Kier molecular flexibility index (Phi) is 4.68. The summed E-state index contributed by atoms with van der Waals surface area (Å²) in [5.74, 6) is 1.95. The molecule has 0 bridgehead atoms. The smallest absolute Gasteiger partial charge is 0.161 e. The lowest BCUT2D eigenvalue weighted by atomic mass is 9.78. The highest BCUT2D eigenvalue weighted by molar-refractivity contribution is 6.15. The average molecular weight is 364 g/mol. The number of likely N-dealkylation sites (tertiary alicyclic amines) is 1. The second-order valence-corrected chi connectivity index (χ2v) is 7.80. The first-order valence-corrected chi connectivity index (χ1v) is 9.62. The number of piperidine rings is 1. The van der Waals surface area contributed by atoms with Crippen LogP contribution < -0.4 is 9.47 Å². The third-order valence-corrected chi connectivity index (χ3v) is 6.06. The van der Waals surface area contributed by atoms with E-state index < -0.39 is 0 Å². The van der Waals surface area contributed by atoms with Crippen LogP contribution in [0.5, 0.6) is 11.5 Å². The molecular weight excluding hydrogens is 336 g/mol. The van der Waals surface area contributed by atoms with Gasteiger partial charge in [-0.2, -0.15) is 0 Å². The number of fused-ring (bicyclic) bond motifs is 3. The van der Waals surface area contributed by atoms with Crippen molar-refractivity contribution < 1.29 is 9.47 Å². The summed E-state index contributed by atoms with van der Waals surface area (Å²) in [7, 11) is 5.59. The number of methoxy groups -OCH3 is 2. The molecule has 27 heavy (non-hydrogen) atoms. The number of aryl methyl sites for hydroxylation is 2. The minimum atomic E-state index is 0.323. The van der Waals surface area contributed by atoms with E-state index in [4.69, 9.17) is 14.5 Å². The lowest BCUT2D eigenvalue weighted by Gasteiger charge is -2.39. The molecule has 0 aromatic heterocycles. The number of likely N-dealkylation sites (N-methyl/N-ethyl adjacent to an activating group) is 1. The first-order valence-electron chi connectivity index (χ1n) is 9.62. The summed E-state index contributed by atoms with van der Waals surface area (Å²) >= 11 is 0. The molecule has 1 saturated heterocycles. The van der Waals surface area contributed by atoms with Crippen molar-refractivity contribution in [1.29, 1.82) is 0 Å². The molecule has 4 nitrogen and oxygen atoms in total. The van der Waals surface area contributed by atoms with Crippen LogP contribution in [0.2, 0.25) is 0 Å². The van der Waals surface area contributed by atoms with Crippen LogP contribution in [-0.2, 0) is 0 Å². The van der Waals surface area contributed by atoms with Gasteiger partial charge in [0.2, 0.25) is 0 Å². The van der Waals surface area contributed by atoms with E-state index in [1.54, 1.807) is 14.2 Å². The zero-order valence-corrected chi connectivity index (χ0v) is 16.9. The Morgan fingerprint density at radius 1 is 1.00 bits per heavy atom. The van der Waals surface area contributed by atoms with Gasteiger partial charge in [0.05, 0.1) is 26.0 Å². The molecule has 0 spiro atoms. The first-order chi connectivity index (χ1) is 13.0. The van der Waals surface area contributed by atoms with Gasteiger partial charge in [0.25, 0.3) is 0 Å². The van der Waals surface area contributed by atoms with Crippen LogP contribution in [0.4, 0.5) is 0 Å². The summed E-state index contributed by atoms with van der Waals surface area (Å²) in [5.41, 5.74) is 7.37. The monoisotopic (exact) mass is 364 g/mol. The molecule has 0 saturated carbocycles. The molecule has 0 radical (unpaired) electrons. The van der Waals surface area contributed by atoms with Gasteiger partial charge in [-0.05, 0) is 68.8 Å². The van der Waals surface area contributed by atoms with Crippen molar-refractivity contribution in [2.24, 2.45) is 4.99 Å². The molecule has 0 aliphatic carbocycles. The highest BCUT2D eigenvalue weighted by Crippen LogP contribution is 2.42. The van der Waals surface area contributed by atoms with Crippen molar-refractivity contribution in [1.82, 2.24) is 4.90 Å². The molecule has 4 rings (SSSR count). The number of ether oxygens (including phenoxy) is 2. The van der Waals surface area contributed by atoms with E-state index in [-0.39, 0.29) is 0 Å². The maximum Gasteiger partial charge on any atom is 0.161 e. The molecular formula is C23H28N2O2. The van der Waals surface area contributed by atoms with Gasteiger partial charge >= 0.3 is 0 Å². The fourth-order valence-corrected chi connectivity index (χ4v) is 4.32. The van der Waals surface area contributed by atoms with Gasteiger partial charge in [-0.1, -0.05) is 12.1 Å². The van der Waals surface area contributed by atoms with Gasteiger partial charge in [0.15, 0.2) is 11.5 Å². The second-order valence-electron chi connectivity index (χ2n) is 7.80. The minimum absolute atomic E-state index is 0.323. The Morgan fingerprint density at radius 3 is 2.44 bits per heavy atom. The number of nitrogens with zero attached hydrogens (tertiary/aromatic N) is 2. The minimum Gasteiger partial charge on any atom is -0.493 e. The lowest BCUT2D eigenvalue weighted by Crippen LogP contribution is -2.41. The molecule has 1 fully saturated rings. The fourth-order valence-electron chi connectivity index (χ4n) is 4.32. The molecule has 4 heteroatoms. The third-order valence-electron chi connectivity index (χ3n) is 6.06. The van der Waals surface area contributed by atoms with Crippen molar-refractivity contribution in [3.05, 3.63) is 58.1 Å². The van der Waals surface area contributed by atoms with E-state index in [0.717, 1.165) is 36.7 Å². The topological polar surface area (TPSA) is 34.1 Å². The van der Waals surface area contributed by atoms with Gasteiger partial charge in [-0.15, -0.1) is 0 Å². The second kappa shape index (κ2) is 7.01. The molecule has 2 unspecified atom stereocenters. The van der Waals surface area contributed by atoms with E-state index in [1.807, 2.05) is 0 Å². The number of hydrogen-bond donors (Lipinski definition) is 0. The SMILES string of the molecule is COc1cc2c(cc1OC)C1CN(C)CCC1N=C2c1ccc(C)c(C)c1.